The fourth-order valence-electron chi connectivity index (χ4n) is 3.82. The van der Waals surface area contributed by atoms with Crippen molar-refractivity contribution >= 4 is 23.2 Å². The van der Waals surface area contributed by atoms with Gasteiger partial charge < -0.3 is 29.2 Å². The van der Waals surface area contributed by atoms with Crippen molar-refractivity contribution in [2.75, 3.05) is 63.3 Å². The van der Waals surface area contributed by atoms with Gasteiger partial charge in [-0.3, -0.25) is 14.5 Å². The molecule has 0 radical (unpaired) electrons. The first-order chi connectivity index (χ1) is 16.0. The molecule has 1 N–H and O–H groups in total. The van der Waals surface area contributed by atoms with Crippen molar-refractivity contribution in [3.63, 3.8) is 0 Å². The van der Waals surface area contributed by atoms with Crippen molar-refractivity contribution in [1.29, 1.82) is 0 Å². The normalized spacial score (nSPS) is 18.3. The average molecular weight is 456 g/mol. The second-order valence-electron chi connectivity index (χ2n) is 7.90. The van der Waals surface area contributed by atoms with Crippen LogP contribution in [-0.2, 0) is 14.3 Å². The lowest BCUT2D eigenvalue weighted by Crippen LogP contribution is -2.48. The van der Waals surface area contributed by atoms with E-state index in [4.69, 9.17) is 18.9 Å². The number of benzene rings is 2. The van der Waals surface area contributed by atoms with Crippen LogP contribution in [0.5, 0.6) is 17.2 Å². The topological polar surface area (TPSA) is 89.6 Å². The average Bonchev–Trinajstić information content (AvgIpc) is 2.84. The van der Waals surface area contributed by atoms with Gasteiger partial charge in [-0.05, 0) is 37.3 Å². The second kappa shape index (κ2) is 10.5. The molecule has 1 saturated heterocycles. The molecular formula is C24H29N3O6. The first-order valence-corrected chi connectivity index (χ1v) is 11.0. The maximum Gasteiger partial charge on any atom is 0.267 e. The predicted molar refractivity (Wildman–Crippen MR) is 123 cm³/mol. The highest BCUT2D eigenvalue weighted by Crippen LogP contribution is 2.36. The number of nitrogens with one attached hydrogen (secondary N) is 1. The maximum absolute atomic E-state index is 12.8. The van der Waals surface area contributed by atoms with Gasteiger partial charge in [0.05, 0.1) is 26.0 Å². The minimum absolute atomic E-state index is 0.0967. The molecule has 2 aromatic rings. The third kappa shape index (κ3) is 5.74. The zero-order valence-electron chi connectivity index (χ0n) is 18.9. The number of hydrogen-bond donors (Lipinski definition) is 1. The van der Waals surface area contributed by atoms with E-state index in [1.165, 1.54) is 0 Å². The first kappa shape index (κ1) is 22.9. The number of hydrogen-bond acceptors (Lipinski definition) is 7. The molecule has 0 spiro atoms. The summed E-state index contributed by atoms with van der Waals surface area (Å²) in [6.07, 6.45) is -0.557. The lowest BCUT2D eigenvalue weighted by Gasteiger charge is -2.35. The van der Waals surface area contributed by atoms with E-state index in [9.17, 15) is 9.59 Å². The molecule has 9 nitrogen and oxygen atoms in total. The first-order valence-electron chi connectivity index (χ1n) is 11.0. The van der Waals surface area contributed by atoms with Crippen LogP contribution in [0.1, 0.15) is 6.92 Å². The Morgan fingerprint density at radius 2 is 1.91 bits per heavy atom. The van der Waals surface area contributed by atoms with Crippen LogP contribution in [0.3, 0.4) is 0 Å². The molecule has 2 aliphatic rings. The number of rotatable bonds is 8. The standard InChI is InChI=1S/C24H29N3O6/c1-17-24(29)27(9-8-26-10-12-31-13-11-26)21-14-18(6-7-22(21)33-17)25-23(28)16-32-20-5-3-4-19(15-20)30-2/h3-7,14-15,17H,8-13,16H2,1-2H3,(H,25,28). The van der Waals surface area contributed by atoms with E-state index in [-0.39, 0.29) is 18.4 Å². The summed E-state index contributed by atoms with van der Waals surface area (Å²) >= 11 is 0. The Kier molecular flexibility index (Phi) is 7.31. The van der Waals surface area contributed by atoms with Crippen LogP contribution in [0.15, 0.2) is 42.5 Å². The predicted octanol–water partition coefficient (Wildman–Crippen LogP) is 2.16. The van der Waals surface area contributed by atoms with Gasteiger partial charge in [0.25, 0.3) is 11.8 Å². The number of morpholine rings is 1. The molecule has 0 aromatic heterocycles. The fraction of sp³-hybridized carbons (Fsp3) is 0.417. The minimum Gasteiger partial charge on any atom is -0.497 e. The van der Waals surface area contributed by atoms with Crippen molar-refractivity contribution in [2.24, 2.45) is 0 Å². The molecule has 176 valence electrons. The number of carbonyl (C=O) groups is 2. The van der Waals surface area contributed by atoms with Crippen molar-refractivity contribution in [1.82, 2.24) is 4.90 Å². The number of fused-ring (bicyclic) bond motifs is 1. The molecule has 1 unspecified atom stereocenters. The SMILES string of the molecule is COc1cccc(OCC(=O)Nc2ccc3c(c2)N(CCN2CCOCC2)C(=O)C(C)O3)c1. The van der Waals surface area contributed by atoms with Crippen molar-refractivity contribution in [3.8, 4) is 17.2 Å². The Labute approximate surface area is 193 Å². The molecule has 2 aromatic carbocycles. The number of methoxy groups -OCH3 is 1. The Morgan fingerprint density at radius 3 is 2.70 bits per heavy atom. The summed E-state index contributed by atoms with van der Waals surface area (Å²) < 4.78 is 21.9. The molecule has 0 saturated carbocycles. The molecule has 1 atom stereocenters. The number of amides is 2. The lowest BCUT2D eigenvalue weighted by molar-refractivity contribution is -0.125. The van der Waals surface area contributed by atoms with Gasteiger partial charge in [-0.25, -0.2) is 0 Å². The summed E-state index contributed by atoms with van der Waals surface area (Å²) in [4.78, 5) is 29.3. The molecule has 0 aliphatic carbocycles. The van der Waals surface area contributed by atoms with E-state index in [2.05, 4.69) is 10.2 Å². The zero-order chi connectivity index (χ0) is 23.2. The number of carbonyl (C=O) groups excluding carboxylic acids is 2. The van der Waals surface area contributed by atoms with Gasteiger partial charge >= 0.3 is 0 Å². The van der Waals surface area contributed by atoms with Crippen LogP contribution in [0, 0.1) is 0 Å². The van der Waals surface area contributed by atoms with Crippen LogP contribution in [-0.4, -0.2) is 75.9 Å². The van der Waals surface area contributed by atoms with Crippen LogP contribution in [0.4, 0.5) is 11.4 Å². The fourth-order valence-corrected chi connectivity index (χ4v) is 3.82. The van der Waals surface area contributed by atoms with Gasteiger partial charge in [0, 0.05) is 37.9 Å². The molecule has 2 heterocycles. The van der Waals surface area contributed by atoms with E-state index in [0.29, 0.717) is 48.4 Å². The Bertz CT molecular complexity index is 992. The van der Waals surface area contributed by atoms with Crippen molar-refractivity contribution < 1.29 is 28.5 Å². The smallest absolute Gasteiger partial charge is 0.267 e. The van der Waals surface area contributed by atoms with Gasteiger partial charge in [0.2, 0.25) is 0 Å². The minimum atomic E-state index is -0.557. The summed E-state index contributed by atoms with van der Waals surface area (Å²) in [6, 6.07) is 12.4. The van der Waals surface area contributed by atoms with Crippen molar-refractivity contribution in [2.45, 2.75) is 13.0 Å². The summed E-state index contributed by atoms with van der Waals surface area (Å²) in [5, 5.41) is 2.83. The van der Waals surface area contributed by atoms with E-state index in [1.807, 2.05) is 0 Å². The zero-order valence-corrected chi connectivity index (χ0v) is 18.9. The largest absolute Gasteiger partial charge is 0.497 e. The van der Waals surface area contributed by atoms with Gasteiger partial charge in [0.1, 0.15) is 17.2 Å². The molecular weight excluding hydrogens is 426 g/mol. The Hall–Kier alpha value is -3.30. The Morgan fingerprint density at radius 1 is 1.12 bits per heavy atom. The highest BCUT2D eigenvalue weighted by atomic mass is 16.5. The lowest BCUT2D eigenvalue weighted by atomic mass is 10.1. The molecule has 1 fully saturated rings. The number of ether oxygens (including phenoxy) is 4. The molecule has 9 heteroatoms. The van der Waals surface area contributed by atoms with E-state index in [0.717, 1.165) is 19.6 Å². The summed E-state index contributed by atoms with van der Waals surface area (Å²) in [7, 11) is 1.57. The highest BCUT2D eigenvalue weighted by Gasteiger charge is 2.32. The Balaban J connectivity index is 1.41. The van der Waals surface area contributed by atoms with Gasteiger partial charge in [-0.15, -0.1) is 0 Å². The van der Waals surface area contributed by atoms with Crippen LogP contribution in [0.2, 0.25) is 0 Å². The van der Waals surface area contributed by atoms with Crippen LogP contribution >= 0.6 is 0 Å². The summed E-state index contributed by atoms with van der Waals surface area (Å²) in [5.74, 6) is 1.40. The molecule has 2 amide bonds. The highest BCUT2D eigenvalue weighted by molar-refractivity contribution is 6.01. The number of nitrogens with zero attached hydrogens (tertiary/aromatic N) is 2. The molecule has 2 aliphatic heterocycles. The molecule has 33 heavy (non-hydrogen) atoms. The summed E-state index contributed by atoms with van der Waals surface area (Å²) in [6.45, 7) is 5.99. The van der Waals surface area contributed by atoms with Crippen LogP contribution < -0.4 is 24.4 Å². The molecule has 4 rings (SSSR count). The van der Waals surface area contributed by atoms with Gasteiger partial charge in [0.15, 0.2) is 12.7 Å². The van der Waals surface area contributed by atoms with Gasteiger partial charge in [-0.2, -0.15) is 0 Å². The van der Waals surface area contributed by atoms with E-state index < -0.39 is 6.10 Å². The van der Waals surface area contributed by atoms with Gasteiger partial charge in [-0.1, -0.05) is 6.07 Å². The number of anilines is 2. The summed E-state index contributed by atoms with van der Waals surface area (Å²) in [5.41, 5.74) is 1.22. The van der Waals surface area contributed by atoms with Crippen LogP contribution in [0.25, 0.3) is 0 Å². The second-order valence-corrected chi connectivity index (χ2v) is 7.90. The monoisotopic (exact) mass is 455 g/mol. The molecule has 0 bridgehead atoms. The third-order valence-corrected chi connectivity index (χ3v) is 5.61. The third-order valence-electron chi connectivity index (χ3n) is 5.61. The van der Waals surface area contributed by atoms with Crippen molar-refractivity contribution in [3.05, 3.63) is 42.5 Å². The quantitative estimate of drug-likeness (QED) is 0.652. The maximum atomic E-state index is 12.8. The van der Waals surface area contributed by atoms with E-state index >= 15 is 0 Å². The van der Waals surface area contributed by atoms with E-state index in [1.54, 1.807) is 61.4 Å².